The molecule has 2 aromatic heterocycles. The number of carbonyl (C=O) groups excluding carboxylic acids is 2. The van der Waals surface area contributed by atoms with Gasteiger partial charge in [-0.1, -0.05) is 54.6 Å². The van der Waals surface area contributed by atoms with Gasteiger partial charge in [-0.2, -0.15) is 0 Å². The van der Waals surface area contributed by atoms with Crippen LogP contribution >= 0.6 is 10.8 Å². The van der Waals surface area contributed by atoms with Gasteiger partial charge in [0.2, 0.25) is 5.91 Å². The van der Waals surface area contributed by atoms with Crippen molar-refractivity contribution in [2.24, 2.45) is 0 Å². The zero-order valence-corrected chi connectivity index (χ0v) is 22.0. The van der Waals surface area contributed by atoms with Crippen molar-refractivity contribution in [3.63, 3.8) is 0 Å². The molecule has 3 heterocycles. The maximum atomic E-state index is 13.0. The highest BCUT2D eigenvalue weighted by molar-refractivity contribution is 8.23. The van der Waals surface area contributed by atoms with E-state index in [1.54, 1.807) is 67.0 Å². The van der Waals surface area contributed by atoms with Crippen molar-refractivity contribution in [1.82, 2.24) is 30.3 Å². The van der Waals surface area contributed by atoms with E-state index in [1.807, 2.05) is 6.07 Å². The summed E-state index contributed by atoms with van der Waals surface area (Å²) in [6, 6.07) is 15.2. The molecule has 2 aromatic carbocycles. The Labute approximate surface area is 230 Å². The second-order valence-corrected chi connectivity index (χ2v) is 11.5. The normalized spacial score (nSPS) is 18.4. The Hall–Kier alpha value is -4.46. The summed E-state index contributed by atoms with van der Waals surface area (Å²) in [5, 5.41) is 14.4. The van der Waals surface area contributed by atoms with E-state index in [-0.39, 0.29) is 19.3 Å². The largest absolute Gasteiger partial charge is 0.480 e. The van der Waals surface area contributed by atoms with Crippen LogP contribution in [0.2, 0.25) is 0 Å². The number of carboxylic acid groups (broad SMARTS) is 1. The molecule has 40 heavy (non-hydrogen) atoms. The van der Waals surface area contributed by atoms with Crippen LogP contribution in [0.5, 0.6) is 0 Å². The molecule has 5 rings (SSSR count). The molecule has 7 N–H and O–H groups in total. The molecule has 13 heteroatoms. The van der Waals surface area contributed by atoms with E-state index < -0.39 is 46.0 Å². The second-order valence-electron chi connectivity index (χ2n) is 9.52. The van der Waals surface area contributed by atoms with Crippen molar-refractivity contribution < 1.29 is 28.6 Å². The molecular weight excluding hydrogens is 536 g/mol. The molecule has 0 saturated carbocycles. The van der Waals surface area contributed by atoms with Gasteiger partial charge in [0.15, 0.2) is 0 Å². The van der Waals surface area contributed by atoms with Crippen LogP contribution in [-0.4, -0.2) is 53.1 Å². The van der Waals surface area contributed by atoms with Crippen LogP contribution in [0.3, 0.4) is 0 Å². The number of amides is 3. The van der Waals surface area contributed by atoms with Gasteiger partial charge in [-0.3, -0.25) is 23.6 Å². The standard InChI is InChI=1S/C27H28N6O6S/c34-24-14-23(40(38,39)33-24)18-8-6-17(7-9-18)12-20(25-29-19-10-11-28-15-22(19)30-25)31-27(37)32-21(26(35)36)13-16-4-2-1-3-5-16/h1-11,15,20-21,23,38-39H,12-14H2,(H,29,30)(H,33,34)(H,35,36)(H2,31,32,37)/t20?,21-,23?/m1/s1. The number of hydrogen-bond donors (Lipinski definition) is 7. The van der Waals surface area contributed by atoms with E-state index in [9.17, 15) is 28.6 Å². The first kappa shape index (κ1) is 27.1. The summed E-state index contributed by atoms with van der Waals surface area (Å²) >= 11 is 0. The fraction of sp³-hybridized carbons (Fsp3) is 0.222. The molecule has 3 atom stereocenters. The number of carboxylic acids is 1. The van der Waals surface area contributed by atoms with E-state index in [0.29, 0.717) is 22.4 Å². The topological polar surface area (TPSA) is 190 Å². The molecule has 0 bridgehead atoms. The number of H-pyrrole nitrogens is 1. The van der Waals surface area contributed by atoms with Gasteiger partial charge >= 0.3 is 12.0 Å². The average Bonchev–Trinajstić information content (AvgIpc) is 3.48. The van der Waals surface area contributed by atoms with Crippen LogP contribution in [0.1, 0.15) is 40.2 Å². The molecule has 3 amide bonds. The quantitative estimate of drug-likeness (QED) is 0.161. The maximum absolute atomic E-state index is 13.0. The molecule has 2 unspecified atom stereocenters. The summed E-state index contributed by atoms with van der Waals surface area (Å²) in [7, 11) is -3.27. The van der Waals surface area contributed by atoms with E-state index >= 15 is 0 Å². The van der Waals surface area contributed by atoms with E-state index in [4.69, 9.17) is 0 Å². The van der Waals surface area contributed by atoms with Crippen LogP contribution < -0.4 is 15.4 Å². The molecule has 208 valence electrons. The lowest BCUT2D eigenvalue weighted by Crippen LogP contribution is -2.48. The Morgan fingerprint density at radius 3 is 2.38 bits per heavy atom. The summed E-state index contributed by atoms with van der Waals surface area (Å²) in [6.07, 6.45) is 3.61. The predicted molar refractivity (Wildman–Crippen MR) is 148 cm³/mol. The van der Waals surface area contributed by atoms with Crippen LogP contribution in [-0.2, 0) is 22.4 Å². The lowest BCUT2D eigenvalue weighted by Gasteiger charge is -2.32. The number of aromatic amines is 1. The Kier molecular flexibility index (Phi) is 7.69. The van der Waals surface area contributed by atoms with Gasteiger partial charge in [-0.15, -0.1) is 10.8 Å². The molecule has 0 radical (unpaired) electrons. The summed E-state index contributed by atoms with van der Waals surface area (Å²) < 4.78 is 22.6. The Morgan fingerprint density at radius 2 is 1.73 bits per heavy atom. The molecular formula is C27H28N6O6S. The maximum Gasteiger partial charge on any atom is 0.326 e. The Balaban J connectivity index is 1.35. The average molecular weight is 565 g/mol. The number of fused-ring (bicyclic) bond motifs is 1. The molecule has 1 saturated heterocycles. The Bertz CT molecular complexity index is 1490. The third-order valence-corrected chi connectivity index (χ3v) is 8.41. The Morgan fingerprint density at radius 1 is 1.00 bits per heavy atom. The van der Waals surface area contributed by atoms with Crippen LogP contribution in [0.4, 0.5) is 4.79 Å². The van der Waals surface area contributed by atoms with Gasteiger partial charge in [-0.05, 0) is 29.2 Å². The lowest BCUT2D eigenvalue weighted by atomic mass is 10.0. The predicted octanol–water partition coefficient (Wildman–Crippen LogP) is 3.46. The molecule has 1 aliphatic heterocycles. The number of hydrogen-bond acceptors (Lipinski definition) is 7. The van der Waals surface area contributed by atoms with Gasteiger partial charge in [0, 0.05) is 12.6 Å². The van der Waals surface area contributed by atoms with E-state index in [0.717, 1.165) is 11.1 Å². The van der Waals surface area contributed by atoms with Gasteiger partial charge in [0.05, 0.1) is 29.7 Å². The highest BCUT2D eigenvalue weighted by Gasteiger charge is 2.38. The van der Waals surface area contributed by atoms with Gasteiger partial charge in [0.25, 0.3) is 0 Å². The van der Waals surface area contributed by atoms with Crippen molar-refractivity contribution in [2.45, 2.75) is 36.6 Å². The summed E-state index contributed by atoms with van der Waals surface area (Å²) in [5.41, 5.74) is 3.50. The van der Waals surface area contributed by atoms with Crippen LogP contribution in [0.25, 0.3) is 11.0 Å². The summed E-state index contributed by atoms with van der Waals surface area (Å²) in [6.45, 7) is 0. The first-order valence-electron chi connectivity index (χ1n) is 12.5. The fourth-order valence-corrected chi connectivity index (χ4v) is 6.12. The van der Waals surface area contributed by atoms with E-state index in [1.165, 1.54) is 0 Å². The van der Waals surface area contributed by atoms with Crippen molar-refractivity contribution in [2.75, 3.05) is 0 Å². The number of nitrogens with one attached hydrogen (secondary N) is 4. The minimum absolute atomic E-state index is 0.0211. The van der Waals surface area contributed by atoms with Crippen molar-refractivity contribution in [1.29, 1.82) is 0 Å². The zero-order valence-electron chi connectivity index (χ0n) is 21.2. The molecule has 0 aliphatic carbocycles. The fourth-order valence-electron chi connectivity index (χ4n) is 4.64. The van der Waals surface area contributed by atoms with Crippen molar-refractivity contribution >= 4 is 39.7 Å². The number of nitrogens with zero attached hydrogens (tertiary/aromatic N) is 2. The third kappa shape index (κ3) is 6.22. The number of imidazole rings is 1. The number of rotatable bonds is 9. The summed E-state index contributed by atoms with van der Waals surface area (Å²) in [4.78, 5) is 48.5. The van der Waals surface area contributed by atoms with Gasteiger partial charge in [0.1, 0.15) is 17.1 Å². The molecule has 1 fully saturated rings. The number of pyridine rings is 1. The minimum Gasteiger partial charge on any atom is -0.480 e. The molecule has 0 spiro atoms. The van der Waals surface area contributed by atoms with Gasteiger partial charge in [-0.25, -0.2) is 14.6 Å². The lowest BCUT2D eigenvalue weighted by molar-refractivity contribution is -0.139. The van der Waals surface area contributed by atoms with Crippen molar-refractivity contribution in [3.05, 3.63) is 95.6 Å². The molecule has 4 aromatic rings. The molecule has 1 aliphatic rings. The van der Waals surface area contributed by atoms with Gasteiger partial charge < -0.3 is 20.7 Å². The number of aromatic nitrogens is 3. The molecule has 12 nitrogen and oxygen atoms in total. The third-order valence-electron chi connectivity index (χ3n) is 6.65. The highest BCUT2D eigenvalue weighted by atomic mass is 32.3. The smallest absolute Gasteiger partial charge is 0.326 e. The number of aliphatic carboxylic acids is 1. The first-order valence-corrected chi connectivity index (χ1v) is 14.1. The SMILES string of the molecule is O=C1CC(c2ccc(CC(NC(=O)N[C@H](Cc3ccccc3)C(=O)O)c3nc4ccncc4[nH]3)cc2)S(O)(O)N1. The second kappa shape index (κ2) is 11.3. The first-order chi connectivity index (χ1) is 19.2. The summed E-state index contributed by atoms with van der Waals surface area (Å²) in [5.74, 6) is -1.13. The van der Waals surface area contributed by atoms with Crippen LogP contribution in [0, 0.1) is 0 Å². The highest BCUT2D eigenvalue weighted by Crippen LogP contribution is 2.56. The number of urea groups is 1. The minimum atomic E-state index is -3.27. The monoisotopic (exact) mass is 564 g/mol. The number of carbonyl (C=O) groups is 3. The van der Waals surface area contributed by atoms with E-state index in [2.05, 4.69) is 30.3 Å². The zero-order chi connectivity index (χ0) is 28.3. The van der Waals surface area contributed by atoms with Crippen molar-refractivity contribution in [3.8, 4) is 0 Å². The van der Waals surface area contributed by atoms with Crippen LogP contribution in [0.15, 0.2) is 73.1 Å². The number of benzene rings is 2.